The van der Waals surface area contributed by atoms with Gasteiger partial charge in [-0.3, -0.25) is 9.69 Å². The largest absolute Gasteiger partial charge is 0.393 e. The summed E-state index contributed by atoms with van der Waals surface area (Å²) in [5, 5.41) is 9.79. The molecule has 0 aliphatic carbocycles. The fourth-order valence-corrected chi connectivity index (χ4v) is 2.75. The van der Waals surface area contributed by atoms with Crippen LogP contribution in [0.3, 0.4) is 0 Å². The average molecular weight is 276 g/mol. The molecule has 1 aromatic carbocycles. The SMILES string of the molecule is CN(C)C(=O)C(c1ccccc1)N1CCCC(O)CC1. The lowest BCUT2D eigenvalue weighted by atomic mass is 10.0. The third kappa shape index (κ3) is 3.58. The Kier molecular flexibility index (Phi) is 5.15. The van der Waals surface area contributed by atoms with Gasteiger partial charge in [-0.15, -0.1) is 0 Å². The van der Waals surface area contributed by atoms with Crippen molar-refractivity contribution >= 4 is 5.91 Å². The van der Waals surface area contributed by atoms with E-state index >= 15 is 0 Å². The lowest BCUT2D eigenvalue weighted by molar-refractivity contribution is -0.134. The Labute approximate surface area is 121 Å². The molecule has 1 N–H and O–H groups in total. The molecule has 4 nitrogen and oxygen atoms in total. The maximum Gasteiger partial charge on any atom is 0.244 e. The van der Waals surface area contributed by atoms with E-state index in [0.717, 1.165) is 37.9 Å². The second kappa shape index (κ2) is 6.86. The highest BCUT2D eigenvalue weighted by atomic mass is 16.3. The van der Waals surface area contributed by atoms with Gasteiger partial charge in [0.1, 0.15) is 6.04 Å². The number of rotatable bonds is 3. The van der Waals surface area contributed by atoms with E-state index in [9.17, 15) is 9.90 Å². The summed E-state index contributed by atoms with van der Waals surface area (Å²) in [5.41, 5.74) is 1.03. The number of carbonyl (C=O) groups excluding carboxylic acids is 1. The topological polar surface area (TPSA) is 43.8 Å². The van der Waals surface area contributed by atoms with Gasteiger partial charge in [-0.2, -0.15) is 0 Å². The fourth-order valence-electron chi connectivity index (χ4n) is 2.75. The Morgan fingerprint density at radius 1 is 1.25 bits per heavy atom. The summed E-state index contributed by atoms with van der Waals surface area (Å²) in [5.74, 6) is 0.104. The van der Waals surface area contributed by atoms with Crippen molar-refractivity contribution in [2.75, 3.05) is 27.2 Å². The van der Waals surface area contributed by atoms with Crippen LogP contribution in [0.25, 0.3) is 0 Å². The Morgan fingerprint density at radius 2 is 1.95 bits per heavy atom. The molecule has 1 aliphatic rings. The molecule has 1 aromatic rings. The van der Waals surface area contributed by atoms with Crippen LogP contribution in [0.1, 0.15) is 30.9 Å². The minimum atomic E-state index is -0.239. The highest BCUT2D eigenvalue weighted by Gasteiger charge is 2.30. The summed E-state index contributed by atoms with van der Waals surface area (Å²) in [6.45, 7) is 1.62. The molecule has 1 fully saturated rings. The van der Waals surface area contributed by atoms with Crippen molar-refractivity contribution in [2.45, 2.75) is 31.4 Å². The molecule has 0 radical (unpaired) electrons. The van der Waals surface area contributed by atoms with Crippen LogP contribution < -0.4 is 0 Å². The Hall–Kier alpha value is -1.39. The van der Waals surface area contributed by atoms with Gasteiger partial charge < -0.3 is 10.0 Å². The van der Waals surface area contributed by atoms with Crippen molar-refractivity contribution in [3.05, 3.63) is 35.9 Å². The van der Waals surface area contributed by atoms with E-state index in [2.05, 4.69) is 4.90 Å². The van der Waals surface area contributed by atoms with Crippen LogP contribution in [-0.2, 0) is 4.79 Å². The number of likely N-dealkylation sites (N-methyl/N-ethyl adjacent to an activating group) is 1. The molecule has 0 bridgehead atoms. The van der Waals surface area contributed by atoms with E-state index in [0.29, 0.717) is 0 Å². The molecule has 1 heterocycles. The Balaban J connectivity index is 2.24. The van der Waals surface area contributed by atoms with E-state index in [1.807, 2.05) is 30.3 Å². The molecule has 2 rings (SSSR count). The standard InChI is InChI=1S/C16H24N2O2/c1-17(2)16(20)15(13-7-4-3-5-8-13)18-11-6-9-14(19)10-12-18/h3-5,7-8,14-15,19H,6,9-12H2,1-2H3. The predicted octanol–water partition coefficient (Wildman–Crippen LogP) is 1.66. The fraction of sp³-hybridized carbons (Fsp3) is 0.562. The monoisotopic (exact) mass is 276 g/mol. The number of aliphatic hydroxyl groups is 1. The van der Waals surface area contributed by atoms with Gasteiger partial charge in [0, 0.05) is 20.6 Å². The maximum absolute atomic E-state index is 12.6. The number of nitrogens with zero attached hydrogens (tertiary/aromatic N) is 2. The third-order valence-electron chi connectivity index (χ3n) is 3.89. The van der Waals surface area contributed by atoms with E-state index in [-0.39, 0.29) is 18.1 Å². The molecule has 2 unspecified atom stereocenters. The first-order chi connectivity index (χ1) is 9.59. The van der Waals surface area contributed by atoms with Gasteiger partial charge in [-0.1, -0.05) is 30.3 Å². The van der Waals surface area contributed by atoms with Gasteiger partial charge in [0.2, 0.25) is 5.91 Å². The van der Waals surface area contributed by atoms with Crippen molar-refractivity contribution < 1.29 is 9.90 Å². The number of carbonyl (C=O) groups is 1. The molecule has 0 spiro atoms. The van der Waals surface area contributed by atoms with Crippen molar-refractivity contribution in [3.8, 4) is 0 Å². The summed E-state index contributed by atoms with van der Waals surface area (Å²) >= 11 is 0. The molecule has 20 heavy (non-hydrogen) atoms. The Bertz CT molecular complexity index is 433. The van der Waals surface area contributed by atoms with Crippen LogP contribution >= 0.6 is 0 Å². The first-order valence-electron chi connectivity index (χ1n) is 7.28. The quantitative estimate of drug-likeness (QED) is 0.913. The second-order valence-corrected chi connectivity index (χ2v) is 5.67. The van der Waals surface area contributed by atoms with Gasteiger partial charge in [-0.25, -0.2) is 0 Å². The van der Waals surface area contributed by atoms with Gasteiger partial charge in [0.05, 0.1) is 6.10 Å². The minimum absolute atomic E-state index is 0.104. The molecule has 2 atom stereocenters. The van der Waals surface area contributed by atoms with Gasteiger partial charge in [0.25, 0.3) is 0 Å². The summed E-state index contributed by atoms with van der Waals surface area (Å²) in [6.07, 6.45) is 2.27. The molecule has 1 saturated heterocycles. The summed E-state index contributed by atoms with van der Waals surface area (Å²) in [6, 6.07) is 9.68. The zero-order valence-corrected chi connectivity index (χ0v) is 12.3. The predicted molar refractivity (Wildman–Crippen MR) is 79.3 cm³/mol. The summed E-state index contributed by atoms with van der Waals surface area (Å²) in [4.78, 5) is 16.4. The van der Waals surface area contributed by atoms with Gasteiger partial charge in [0.15, 0.2) is 0 Å². The summed E-state index contributed by atoms with van der Waals surface area (Å²) in [7, 11) is 3.59. The average Bonchev–Trinajstić information content (AvgIpc) is 2.65. The van der Waals surface area contributed by atoms with E-state index in [1.165, 1.54) is 0 Å². The first-order valence-corrected chi connectivity index (χ1v) is 7.28. The maximum atomic E-state index is 12.6. The van der Waals surface area contributed by atoms with Crippen LogP contribution in [0.4, 0.5) is 0 Å². The molecule has 1 amide bonds. The van der Waals surface area contributed by atoms with Crippen LogP contribution in [-0.4, -0.2) is 54.1 Å². The number of amides is 1. The van der Waals surface area contributed by atoms with Crippen LogP contribution in [0.15, 0.2) is 30.3 Å². The van der Waals surface area contributed by atoms with Crippen LogP contribution in [0.5, 0.6) is 0 Å². The smallest absolute Gasteiger partial charge is 0.244 e. The number of likely N-dealkylation sites (tertiary alicyclic amines) is 1. The number of hydrogen-bond donors (Lipinski definition) is 1. The highest BCUT2D eigenvalue weighted by Crippen LogP contribution is 2.25. The van der Waals surface area contributed by atoms with Crippen molar-refractivity contribution in [1.82, 2.24) is 9.80 Å². The highest BCUT2D eigenvalue weighted by molar-refractivity contribution is 5.82. The number of benzene rings is 1. The minimum Gasteiger partial charge on any atom is -0.393 e. The Morgan fingerprint density at radius 3 is 2.60 bits per heavy atom. The lowest BCUT2D eigenvalue weighted by Crippen LogP contribution is -2.40. The molecule has 1 aliphatic heterocycles. The molecular weight excluding hydrogens is 252 g/mol. The zero-order valence-electron chi connectivity index (χ0n) is 12.3. The first kappa shape index (κ1) is 15.0. The molecule has 0 aromatic heterocycles. The molecule has 110 valence electrons. The third-order valence-corrected chi connectivity index (χ3v) is 3.89. The van der Waals surface area contributed by atoms with Crippen molar-refractivity contribution in [2.24, 2.45) is 0 Å². The van der Waals surface area contributed by atoms with Gasteiger partial charge >= 0.3 is 0 Å². The van der Waals surface area contributed by atoms with E-state index < -0.39 is 0 Å². The molecule has 0 saturated carbocycles. The van der Waals surface area contributed by atoms with E-state index in [1.54, 1.807) is 19.0 Å². The van der Waals surface area contributed by atoms with Crippen LogP contribution in [0.2, 0.25) is 0 Å². The number of aliphatic hydroxyl groups excluding tert-OH is 1. The normalized spacial score (nSPS) is 22.1. The van der Waals surface area contributed by atoms with Crippen LogP contribution in [0, 0.1) is 0 Å². The summed E-state index contributed by atoms with van der Waals surface area (Å²) < 4.78 is 0. The zero-order chi connectivity index (χ0) is 14.5. The van der Waals surface area contributed by atoms with Crippen molar-refractivity contribution in [3.63, 3.8) is 0 Å². The second-order valence-electron chi connectivity index (χ2n) is 5.67. The lowest BCUT2D eigenvalue weighted by Gasteiger charge is -2.31. The van der Waals surface area contributed by atoms with Crippen molar-refractivity contribution in [1.29, 1.82) is 0 Å². The molecular formula is C16H24N2O2. The van der Waals surface area contributed by atoms with Gasteiger partial charge in [-0.05, 0) is 31.4 Å². The number of hydrogen-bond acceptors (Lipinski definition) is 3. The molecule has 4 heteroatoms. The van der Waals surface area contributed by atoms with E-state index in [4.69, 9.17) is 0 Å².